The van der Waals surface area contributed by atoms with E-state index >= 15 is 0 Å². The molecular weight excluding hydrogens is 204 g/mol. The largest absolute Gasteiger partial charge is 0.397 e. The van der Waals surface area contributed by atoms with E-state index in [-0.39, 0.29) is 5.60 Å². The Morgan fingerprint density at radius 2 is 1.93 bits per heavy atom. The van der Waals surface area contributed by atoms with Crippen molar-refractivity contribution < 1.29 is 8.85 Å². The molecule has 0 saturated carbocycles. The Kier molecular flexibility index (Phi) is 5.86. The molecule has 0 aromatic rings. The van der Waals surface area contributed by atoms with Crippen molar-refractivity contribution in [2.45, 2.75) is 70.9 Å². The first-order valence-corrected chi connectivity index (χ1v) is 8.31. The van der Waals surface area contributed by atoms with Gasteiger partial charge in [0.25, 0.3) is 0 Å². The smallest absolute Gasteiger partial charge is 0.321 e. The first-order chi connectivity index (χ1) is 7.26. The molecule has 1 atom stereocenters. The molecule has 0 spiro atoms. The van der Waals surface area contributed by atoms with E-state index in [1.165, 1.54) is 31.7 Å². The summed E-state index contributed by atoms with van der Waals surface area (Å²) in [5, 5.41) is 0. The molecule has 3 heteroatoms. The van der Waals surface area contributed by atoms with Gasteiger partial charge in [0.15, 0.2) is 0 Å². The van der Waals surface area contributed by atoms with Crippen LogP contribution in [0.25, 0.3) is 0 Å². The minimum atomic E-state index is -1.32. The molecular formula is C12H26O2Si. The lowest BCUT2D eigenvalue weighted by Crippen LogP contribution is -2.40. The van der Waals surface area contributed by atoms with Crippen LogP contribution < -0.4 is 0 Å². The molecule has 1 aliphatic heterocycles. The number of hydrogen-bond acceptors (Lipinski definition) is 2. The van der Waals surface area contributed by atoms with Crippen molar-refractivity contribution in [3.05, 3.63) is 0 Å². The van der Waals surface area contributed by atoms with Gasteiger partial charge in [0.1, 0.15) is 0 Å². The molecule has 1 fully saturated rings. The minimum absolute atomic E-state index is 0.128. The van der Waals surface area contributed by atoms with Crippen LogP contribution in [0, 0.1) is 0 Å². The minimum Gasteiger partial charge on any atom is -0.397 e. The SMILES string of the molecule is CCCC(CC)(CC)O[SiH]1CCCCO1. The monoisotopic (exact) mass is 230 g/mol. The third kappa shape index (κ3) is 3.89. The second kappa shape index (κ2) is 6.66. The van der Waals surface area contributed by atoms with Crippen LogP contribution in [0.5, 0.6) is 0 Å². The van der Waals surface area contributed by atoms with Crippen LogP contribution >= 0.6 is 0 Å². The summed E-state index contributed by atoms with van der Waals surface area (Å²) in [5.41, 5.74) is 0.128. The molecule has 1 heterocycles. The van der Waals surface area contributed by atoms with Crippen LogP contribution in [-0.4, -0.2) is 21.5 Å². The summed E-state index contributed by atoms with van der Waals surface area (Å²) >= 11 is 0. The Labute approximate surface area is 96.2 Å². The fourth-order valence-corrected chi connectivity index (χ4v) is 4.78. The van der Waals surface area contributed by atoms with Gasteiger partial charge in [-0.3, -0.25) is 0 Å². The average molecular weight is 230 g/mol. The van der Waals surface area contributed by atoms with E-state index in [1.54, 1.807) is 0 Å². The highest BCUT2D eigenvalue weighted by atomic mass is 28.3. The maximum Gasteiger partial charge on any atom is 0.321 e. The average Bonchev–Trinajstić information content (AvgIpc) is 2.30. The van der Waals surface area contributed by atoms with Gasteiger partial charge < -0.3 is 8.85 Å². The van der Waals surface area contributed by atoms with E-state index < -0.39 is 9.28 Å². The molecule has 0 amide bonds. The van der Waals surface area contributed by atoms with Gasteiger partial charge >= 0.3 is 9.28 Å². The van der Waals surface area contributed by atoms with Gasteiger partial charge in [0, 0.05) is 6.61 Å². The van der Waals surface area contributed by atoms with Crippen LogP contribution in [0.3, 0.4) is 0 Å². The first-order valence-electron chi connectivity index (χ1n) is 6.55. The molecule has 1 rings (SSSR count). The molecule has 0 radical (unpaired) electrons. The third-order valence-corrected chi connectivity index (χ3v) is 5.76. The van der Waals surface area contributed by atoms with Crippen molar-refractivity contribution in [3.63, 3.8) is 0 Å². The molecule has 2 nitrogen and oxygen atoms in total. The lowest BCUT2D eigenvalue weighted by atomic mass is 9.92. The van der Waals surface area contributed by atoms with Crippen molar-refractivity contribution in [3.8, 4) is 0 Å². The standard InChI is InChI=1S/C12H26O2Si/c1-4-9-12(5-2,6-3)14-15-11-8-7-10-13-15/h15H,4-11H2,1-3H3. The number of hydrogen-bond donors (Lipinski definition) is 0. The van der Waals surface area contributed by atoms with Crippen LogP contribution in [0.4, 0.5) is 0 Å². The zero-order valence-corrected chi connectivity index (χ0v) is 11.7. The van der Waals surface area contributed by atoms with E-state index in [2.05, 4.69) is 20.8 Å². The molecule has 1 saturated heterocycles. The maximum absolute atomic E-state index is 6.33. The van der Waals surface area contributed by atoms with Crippen LogP contribution in [0.2, 0.25) is 6.04 Å². The summed E-state index contributed by atoms with van der Waals surface area (Å²) in [6.07, 6.45) is 7.20. The molecule has 0 N–H and O–H groups in total. The van der Waals surface area contributed by atoms with Crippen molar-refractivity contribution in [1.82, 2.24) is 0 Å². The van der Waals surface area contributed by atoms with Gasteiger partial charge in [-0.25, -0.2) is 0 Å². The predicted molar refractivity (Wildman–Crippen MR) is 66.4 cm³/mol. The Balaban J connectivity index is 2.47. The van der Waals surface area contributed by atoms with Crippen LogP contribution in [0.15, 0.2) is 0 Å². The van der Waals surface area contributed by atoms with Gasteiger partial charge in [-0.05, 0) is 38.1 Å². The molecule has 1 unspecified atom stereocenters. The summed E-state index contributed by atoms with van der Waals surface area (Å²) in [4.78, 5) is 0. The lowest BCUT2D eigenvalue weighted by Gasteiger charge is -2.36. The Hall–Kier alpha value is 0.137. The van der Waals surface area contributed by atoms with E-state index in [9.17, 15) is 0 Å². The van der Waals surface area contributed by atoms with Gasteiger partial charge in [-0.15, -0.1) is 0 Å². The third-order valence-electron chi connectivity index (χ3n) is 3.51. The zero-order chi connectivity index (χ0) is 11.1. The van der Waals surface area contributed by atoms with E-state index in [0.29, 0.717) is 0 Å². The van der Waals surface area contributed by atoms with Crippen molar-refractivity contribution in [2.75, 3.05) is 6.61 Å². The summed E-state index contributed by atoms with van der Waals surface area (Å²) in [7, 11) is -1.32. The fraction of sp³-hybridized carbons (Fsp3) is 1.00. The van der Waals surface area contributed by atoms with E-state index in [4.69, 9.17) is 8.85 Å². The first kappa shape index (κ1) is 13.2. The molecule has 0 bridgehead atoms. The molecule has 0 aromatic carbocycles. The zero-order valence-electron chi connectivity index (χ0n) is 10.6. The highest BCUT2D eigenvalue weighted by Crippen LogP contribution is 2.29. The summed E-state index contributed by atoms with van der Waals surface area (Å²) in [5.74, 6) is 0. The topological polar surface area (TPSA) is 18.5 Å². The van der Waals surface area contributed by atoms with Gasteiger partial charge in [0.05, 0.1) is 5.60 Å². The Bertz CT molecular complexity index is 163. The molecule has 0 aromatic heterocycles. The summed E-state index contributed by atoms with van der Waals surface area (Å²) in [6.45, 7) is 7.67. The van der Waals surface area contributed by atoms with Gasteiger partial charge in [-0.1, -0.05) is 27.2 Å². The van der Waals surface area contributed by atoms with Crippen molar-refractivity contribution in [2.24, 2.45) is 0 Å². The van der Waals surface area contributed by atoms with Gasteiger partial charge in [0.2, 0.25) is 0 Å². The molecule has 15 heavy (non-hydrogen) atoms. The highest BCUT2D eigenvalue weighted by Gasteiger charge is 2.31. The van der Waals surface area contributed by atoms with E-state index in [1.807, 2.05) is 0 Å². The summed E-state index contributed by atoms with van der Waals surface area (Å²) < 4.78 is 12.1. The Morgan fingerprint density at radius 3 is 2.40 bits per heavy atom. The predicted octanol–water partition coefficient (Wildman–Crippen LogP) is 3.39. The number of rotatable bonds is 6. The normalized spacial score (nSPS) is 23.0. The fourth-order valence-electron chi connectivity index (χ4n) is 2.37. The second-order valence-electron chi connectivity index (χ2n) is 4.55. The Morgan fingerprint density at radius 1 is 1.20 bits per heavy atom. The quantitative estimate of drug-likeness (QED) is 0.651. The maximum atomic E-state index is 6.33. The second-order valence-corrected chi connectivity index (χ2v) is 6.56. The molecule has 0 aliphatic carbocycles. The van der Waals surface area contributed by atoms with Crippen LogP contribution in [0.1, 0.15) is 59.3 Å². The van der Waals surface area contributed by atoms with Gasteiger partial charge in [-0.2, -0.15) is 0 Å². The van der Waals surface area contributed by atoms with E-state index in [0.717, 1.165) is 19.4 Å². The highest BCUT2D eigenvalue weighted by molar-refractivity contribution is 6.44. The molecule has 1 aliphatic rings. The van der Waals surface area contributed by atoms with Crippen LogP contribution in [-0.2, 0) is 8.85 Å². The van der Waals surface area contributed by atoms with Crippen molar-refractivity contribution >= 4 is 9.28 Å². The van der Waals surface area contributed by atoms with Crippen molar-refractivity contribution in [1.29, 1.82) is 0 Å². The lowest BCUT2D eigenvalue weighted by molar-refractivity contribution is 0.0142. The summed E-state index contributed by atoms with van der Waals surface area (Å²) in [6, 6.07) is 1.21. The molecule has 90 valence electrons.